The molecule has 0 aliphatic heterocycles. The Morgan fingerprint density at radius 3 is 2.56 bits per heavy atom. The third-order valence-corrected chi connectivity index (χ3v) is 4.31. The molecule has 0 radical (unpaired) electrons. The van der Waals surface area contributed by atoms with Gasteiger partial charge in [0.2, 0.25) is 0 Å². The van der Waals surface area contributed by atoms with Gasteiger partial charge in [0, 0.05) is 33.2 Å². The second-order valence-corrected chi connectivity index (χ2v) is 6.37. The maximum atomic E-state index is 6.00. The lowest BCUT2D eigenvalue weighted by molar-refractivity contribution is 1.09. The average Bonchev–Trinajstić information content (AvgIpc) is 3.16. The van der Waals surface area contributed by atoms with Crippen LogP contribution in [0.1, 0.15) is 0 Å². The van der Waals surface area contributed by atoms with E-state index >= 15 is 0 Å². The minimum Gasteiger partial charge on any atom is -0.382 e. The number of pyridine rings is 1. The summed E-state index contributed by atoms with van der Waals surface area (Å²) in [5, 5.41) is 17.3. The highest BCUT2D eigenvalue weighted by molar-refractivity contribution is 9.10. The van der Waals surface area contributed by atoms with Crippen LogP contribution < -0.4 is 5.73 Å². The van der Waals surface area contributed by atoms with Crippen LogP contribution in [0.5, 0.6) is 0 Å². The molecule has 6 nitrogen and oxygen atoms in total. The number of halogens is 1. The number of aromatic amines is 1. The van der Waals surface area contributed by atoms with E-state index in [1.54, 1.807) is 12.4 Å². The van der Waals surface area contributed by atoms with Crippen LogP contribution in [0.2, 0.25) is 0 Å². The summed E-state index contributed by atoms with van der Waals surface area (Å²) in [5.41, 5.74) is 9.38. The third-order valence-electron chi connectivity index (χ3n) is 3.82. The maximum absolute atomic E-state index is 6.00. The number of nitrogens with zero attached hydrogens (tertiary/aromatic N) is 4. The zero-order valence-corrected chi connectivity index (χ0v) is 14.6. The van der Waals surface area contributed by atoms with Crippen LogP contribution in [0, 0.1) is 0 Å². The summed E-state index contributed by atoms with van der Waals surface area (Å²) < 4.78 is 0.950. The van der Waals surface area contributed by atoms with Crippen molar-refractivity contribution < 1.29 is 0 Å². The Kier molecular flexibility index (Phi) is 3.99. The molecule has 0 saturated carbocycles. The van der Waals surface area contributed by atoms with Gasteiger partial charge in [0.1, 0.15) is 5.69 Å². The molecular weight excluding hydrogens is 380 g/mol. The quantitative estimate of drug-likeness (QED) is 0.458. The Bertz CT molecular complexity index is 1050. The van der Waals surface area contributed by atoms with E-state index in [-0.39, 0.29) is 0 Å². The predicted octanol–water partition coefficient (Wildman–Crippen LogP) is 5.39. The van der Waals surface area contributed by atoms with E-state index in [4.69, 9.17) is 5.73 Å². The zero-order valence-electron chi connectivity index (χ0n) is 13.0. The lowest BCUT2D eigenvalue weighted by Gasteiger charge is -2.04. The number of hydrogen-bond acceptors (Lipinski definition) is 5. The summed E-state index contributed by atoms with van der Waals surface area (Å²) in [6, 6.07) is 13.6. The Hall–Kier alpha value is -3.06. The maximum Gasteiger partial charge on any atom is 0.151 e. The first kappa shape index (κ1) is 15.5. The predicted molar refractivity (Wildman–Crippen MR) is 102 cm³/mol. The monoisotopic (exact) mass is 392 g/mol. The first-order valence-electron chi connectivity index (χ1n) is 7.55. The number of nitrogens with one attached hydrogen (secondary N) is 1. The minimum absolute atomic E-state index is 0.351. The molecule has 0 saturated heterocycles. The standard InChI is InChI=1S/C18H13BrN6/c19-14-4-1-12-8-21-18(20)17(16(12)7-14)25-24-15-5-2-11(3-6-15)13-9-22-23-10-13/h1-10H,(H2,20,21)(H,22,23)/b25-24+. The Balaban J connectivity index is 1.69. The van der Waals surface area contributed by atoms with E-state index in [1.807, 2.05) is 48.7 Å². The van der Waals surface area contributed by atoms with Gasteiger partial charge < -0.3 is 5.73 Å². The summed E-state index contributed by atoms with van der Waals surface area (Å²) in [6.45, 7) is 0. The Labute approximate surface area is 151 Å². The summed E-state index contributed by atoms with van der Waals surface area (Å²) in [4.78, 5) is 4.20. The lowest BCUT2D eigenvalue weighted by Crippen LogP contribution is -1.90. The molecule has 0 spiro atoms. The van der Waals surface area contributed by atoms with Crippen LogP contribution in [-0.4, -0.2) is 15.2 Å². The summed E-state index contributed by atoms with van der Waals surface area (Å²) in [5.74, 6) is 0.351. The smallest absolute Gasteiger partial charge is 0.151 e. The van der Waals surface area contributed by atoms with Gasteiger partial charge in [-0.25, -0.2) is 4.98 Å². The number of fused-ring (bicyclic) bond motifs is 1. The fourth-order valence-electron chi connectivity index (χ4n) is 2.53. The van der Waals surface area contributed by atoms with Gasteiger partial charge in [-0.2, -0.15) is 10.2 Å². The summed E-state index contributed by atoms with van der Waals surface area (Å²) in [7, 11) is 0. The fourth-order valence-corrected chi connectivity index (χ4v) is 2.89. The molecule has 0 atom stereocenters. The number of azo groups is 1. The van der Waals surface area contributed by atoms with Gasteiger partial charge in [-0.3, -0.25) is 5.10 Å². The van der Waals surface area contributed by atoms with Gasteiger partial charge in [-0.15, -0.1) is 5.11 Å². The minimum atomic E-state index is 0.351. The van der Waals surface area contributed by atoms with Crippen molar-refractivity contribution in [2.45, 2.75) is 0 Å². The van der Waals surface area contributed by atoms with Crippen molar-refractivity contribution in [3.05, 3.63) is 65.5 Å². The molecule has 0 aliphatic carbocycles. The second-order valence-electron chi connectivity index (χ2n) is 5.46. The average molecular weight is 393 g/mol. The number of anilines is 1. The first-order valence-corrected chi connectivity index (χ1v) is 8.35. The van der Waals surface area contributed by atoms with Gasteiger partial charge in [0.15, 0.2) is 5.82 Å². The molecule has 0 fully saturated rings. The Morgan fingerprint density at radius 1 is 0.960 bits per heavy atom. The largest absolute Gasteiger partial charge is 0.382 e. The number of benzene rings is 2. The number of nitrogens with two attached hydrogens (primary N) is 1. The number of rotatable bonds is 3. The van der Waals surface area contributed by atoms with E-state index in [2.05, 4.69) is 41.3 Å². The highest BCUT2D eigenvalue weighted by Gasteiger charge is 2.07. The molecule has 0 amide bonds. The van der Waals surface area contributed by atoms with E-state index < -0.39 is 0 Å². The van der Waals surface area contributed by atoms with Gasteiger partial charge >= 0.3 is 0 Å². The SMILES string of the molecule is Nc1ncc2ccc(Br)cc2c1/N=N/c1ccc(-c2cn[nH]c2)cc1. The lowest BCUT2D eigenvalue weighted by atomic mass is 10.1. The number of H-pyrrole nitrogens is 1. The van der Waals surface area contributed by atoms with Crippen molar-refractivity contribution in [2.75, 3.05) is 5.73 Å². The number of nitrogen functional groups attached to an aromatic ring is 1. The number of aromatic nitrogens is 3. The van der Waals surface area contributed by atoms with Crippen molar-refractivity contribution in [3.8, 4) is 11.1 Å². The van der Waals surface area contributed by atoms with Gasteiger partial charge in [0.05, 0.1) is 11.9 Å². The molecule has 2 aromatic carbocycles. The molecule has 0 aliphatic rings. The molecule has 4 rings (SSSR count). The molecule has 3 N–H and O–H groups in total. The van der Waals surface area contributed by atoms with Gasteiger partial charge in [0.25, 0.3) is 0 Å². The van der Waals surface area contributed by atoms with Crippen LogP contribution in [0.4, 0.5) is 17.2 Å². The molecule has 0 bridgehead atoms. The molecule has 122 valence electrons. The van der Waals surface area contributed by atoms with E-state index in [1.165, 1.54) is 0 Å². The van der Waals surface area contributed by atoms with Crippen LogP contribution in [0.25, 0.3) is 21.9 Å². The molecule has 4 aromatic rings. The van der Waals surface area contributed by atoms with E-state index in [0.717, 1.165) is 32.1 Å². The number of hydrogen-bond donors (Lipinski definition) is 2. The van der Waals surface area contributed by atoms with E-state index in [0.29, 0.717) is 11.5 Å². The van der Waals surface area contributed by atoms with Crippen molar-refractivity contribution in [2.24, 2.45) is 10.2 Å². The molecule has 2 aromatic heterocycles. The molecular formula is C18H13BrN6. The van der Waals surface area contributed by atoms with E-state index in [9.17, 15) is 0 Å². The highest BCUT2D eigenvalue weighted by atomic mass is 79.9. The zero-order chi connectivity index (χ0) is 17.2. The Morgan fingerprint density at radius 2 is 1.80 bits per heavy atom. The second kappa shape index (κ2) is 6.45. The molecule has 0 unspecified atom stereocenters. The molecule has 25 heavy (non-hydrogen) atoms. The van der Waals surface area contributed by atoms with Crippen molar-refractivity contribution in [1.82, 2.24) is 15.2 Å². The molecule has 7 heteroatoms. The van der Waals surface area contributed by atoms with Gasteiger partial charge in [-0.05, 0) is 29.8 Å². The van der Waals surface area contributed by atoms with Crippen LogP contribution >= 0.6 is 15.9 Å². The topological polar surface area (TPSA) is 92.3 Å². The van der Waals surface area contributed by atoms with Crippen molar-refractivity contribution in [3.63, 3.8) is 0 Å². The van der Waals surface area contributed by atoms with Crippen LogP contribution in [0.3, 0.4) is 0 Å². The summed E-state index contributed by atoms with van der Waals surface area (Å²) >= 11 is 3.47. The normalized spacial score (nSPS) is 11.4. The summed E-state index contributed by atoms with van der Waals surface area (Å²) in [6.07, 6.45) is 5.35. The van der Waals surface area contributed by atoms with Gasteiger partial charge in [-0.1, -0.05) is 34.1 Å². The fraction of sp³-hybridized carbons (Fsp3) is 0. The highest BCUT2D eigenvalue weighted by Crippen LogP contribution is 2.33. The van der Waals surface area contributed by atoms with Crippen molar-refractivity contribution in [1.29, 1.82) is 0 Å². The van der Waals surface area contributed by atoms with Crippen LogP contribution in [0.15, 0.2) is 75.8 Å². The van der Waals surface area contributed by atoms with Crippen molar-refractivity contribution >= 4 is 43.9 Å². The van der Waals surface area contributed by atoms with Crippen LogP contribution in [-0.2, 0) is 0 Å². The first-order chi connectivity index (χ1) is 12.2. The molecule has 2 heterocycles. The third kappa shape index (κ3) is 3.14.